The van der Waals surface area contributed by atoms with E-state index < -0.39 is 22.4 Å². The summed E-state index contributed by atoms with van der Waals surface area (Å²) in [4.78, 5) is 35.1. The van der Waals surface area contributed by atoms with Crippen LogP contribution in [0.4, 0.5) is 0 Å². The van der Waals surface area contributed by atoms with E-state index in [2.05, 4.69) is 5.32 Å². The van der Waals surface area contributed by atoms with Crippen LogP contribution in [0.25, 0.3) is 0 Å². The van der Waals surface area contributed by atoms with Gasteiger partial charge in [0.05, 0.1) is 10.5 Å². The molecule has 27 heavy (non-hydrogen) atoms. The van der Waals surface area contributed by atoms with Crippen LogP contribution in [0.15, 0.2) is 53.4 Å². The minimum absolute atomic E-state index is 0.0921. The van der Waals surface area contributed by atoms with E-state index in [4.69, 9.17) is 4.74 Å². The second-order valence-electron chi connectivity index (χ2n) is 5.90. The molecule has 0 saturated heterocycles. The maximum absolute atomic E-state index is 12.1. The summed E-state index contributed by atoms with van der Waals surface area (Å²) >= 11 is 0. The molecule has 0 aliphatic heterocycles. The smallest absolute Gasteiger partial charge is 0.338 e. The summed E-state index contributed by atoms with van der Waals surface area (Å²) in [5.41, 5.74) is 1.37. The van der Waals surface area contributed by atoms with Gasteiger partial charge in [0, 0.05) is 25.3 Å². The van der Waals surface area contributed by atoms with Crippen LogP contribution in [0.2, 0.25) is 0 Å². The molecule has 0 heterocycles. The highest BCUT2D eigenvalue weighted by molar-refractivity contribution is 7.90. The molecule has 0 bridgehead atoms. The second-order valence-corrected chi connectivity index (χ2v) is 7.92. The molecule has 7 nitrogen and oxygen atoms in total. The number of ether oxygens (including phenoxy) is 1. The summed E-state index contributed by atoms with van der Waals surface area (Å²) in [6, 6.07) is 11.9. The Bertz CT molecular complexity index is 947. The molecule has 0 aliphatic rings. The Morgan fingerprint density at radius 3 is 2.00 bits per heavy atom. The summed E-state index contributed by atoms with van der Waals surface area (Å²) in [7, 11) is -3.35. The average Bonchev–Trinajstić information content (AvgIpc) is 2.64. The van der Waals surface area contributed by atoms with Crippen molar-refractivity contribution in [3.05, 3.63) is 65.2 Å². The fourth-order valence-electron chi connectivity index (χ4n) is 2.17. The van der Waals surface area contributed by atoms with E-state index in [-0.39, 0.29) is 22.1 Å². The lowest BCUT2D eigenvalue weighted by atomic mass is 10.1. The summed E-state index contributed by atoms with van der Waals surface area (Å²) in [6.45, 7) is 1.35. The van der Waals surface area contributed by atoms with Crippen molar-refractivity contribution in [1.82, 2.24) is 5.32 Å². The van der Waals surface area contributed by atoms with Crippen LogP contribution in [-0.2, 0) is 25.9 Å². The molecule has 0 unspecified atom stereocenters. The lowest BCUT2D eigenvalue weighted by Crippen LogP contribution is -2.19. The predicted octanol–water partition coefficient (Wildman–Crippen LogP) is 1.77. The third-order valence-corrected chi connectivity index (χ3v) is 4.80. The van der Waals surface area contributed by atoms with Crippen LogP contribution in [0, 0.1) is 0 Å². The molecule has 0 fully saturated rings. The molecule has 2 aromatic rings. The number of carbonyl (C=O) groups excluding carboxylic acids is 3. The minimum atomic E-state index is -3.35. The number of ketones is 1. The van der Waals surface area contributed by atoms with Crippen molar-refractivity contribution in [2.24, 2.45) is 0 Å². The van der Waals surface area contributed by atoms with Gasteiger partial charge in [0.2, 0.25) is 5.91 Å². The maximum atomic E-state index is 12.1. The largest absolute Gasteiger partial charge is 0.454 e. The third kappa shape index (κ3) is 6.03. The van der Waals surface area contributed by atoms with Crippen molar-refractivity contribution in [3.63, 3.8) is 0 Å². The van der Waals surface area contributed by atoms with Crippen molar-refractivity contribution in [2.45, 2.75) is 18.4 Å². The second kappa shape index (κ2) is 8.59. The van der Waals surface area contributed by atoms with Gasteiger partial charge in [-0.05, 0) is 29.8 Å². The number of amides is 1. The van der Waals surface area contributed by atoms with Crippen molar-refractivity contribution in [1.29, 1.82) is 0 Å². The van der Waals surface area contributed by atoms with E-state index in [0.29, 0.717) is 12.1 Å². The Labute approximate surface area is 157 Å². The van der Waals surface area contributed by atoms with Gasteiger partial charge in [0.15, 0.2) is 22.2 Å². The molecule has 1 N–H and O–H groups in total. The number of nitrogens with one attached hydrogen (secondary N) is 1. The first kappa shape index (κ1) is 20.3. The van der Waals surface area contributed by atoms with E-state index in [0.717, 1.165) is 11.8 Å². The molecule has 2 rings (SSSR count). The average molecular weight is 389 g/mol. The zero-order valence-electron chi connectivity index (χ0n) is 14.9. The Morgan fingerprint density at radius 1 is 0.926 bits per heavy atom. The molecule has 0 spiro atoms. The van der Waals surface area contributed by atoms with Gasteiger partial charge in [0.25, 0.3) is 0 Å². The van der Waals surface area contributed by atoms with Crippen molar-refractivity contribution in [2.75, 3.05) is 12.9 Å². The van der Waals surface area contributed by atoms with Crippen LogP contribution < -0.4 is 5.32 Å². The molecule has 8 heteroatoms. The number of hydrogen-bond acceptors (Lipinski definition) is 6. The quantitative estimate of drug-likeness (QED) is 0.571. The summed E-state index contributed by atoms with van der Waals surface area (Å²) in [5.74, 6) is -1.24. The summed E-state index contributed by atoms with van der Waals surface area (Å²) in [5, 5.41) is 2.65. The molecule has 0 aliphatic carbocycles. The molecular weight excluding hydrogens is 370 g/mol. The Balaban J connectivity index is 1.92. The van der Waals surface area contributed by atoms with Gasteiger partial charge in [-0.15, -0.1) is 0 Å². The molecule has 0 radical (unpaired) electrons. The highest BCUT2D eigenvalue weighted by atomic mass is 32.2. The first-order chi connectivity index (χ1) is 12.7. The van der Waals surface area contributed by atoms with Crippen LogP contribution >= 0.6 is 0 Å². The Kier molecular flexibility index (Phi) is 6.46. The van der Waals surface area contributed by atoms with Gasteiger partial charge >= 0.3 is 5.97 Å². The van der Waals surface area contributed by atoms with E-state index in [9.17, 15) is 22.8 Å². The Morgan fingerprint density at radius 2 is 1.48 bits per heavy atom. The van der Waals surface area contributed by atoms with Gasteiger partial charge in [-0.1, -0.05) is 24.3 Å². The van der Waals surface area contributed by atoms with Crippen LogP contribution in [0.3, 0.4) is 0 Å². The maximum Gasteiger partial charge on any atom is 0.338 e. The highest BCUT2D eigenvalue weighted by Gasteiger charge is 2.13. The van der Waals surface area contributed by atoms with E-state index in [1.165, 1.54) is 31.2 Å². The van der Waals surface area contributed by atoms with E-state index in [1.54, 1.807) is 24.3 Å². The molecule has 0 aromatic heterocycles. The van der Waals surface area contributed by atoms with Gasteiger partial charge in [0.1, 0.15) is 0 Å². The summed E-state index contributed by atoms with van der Waals surface area (Å²) in [6.07, 6.45) is 1.07. The molecule has 1 amide bonds. The first-order valence-electron chi connectivity index (χ1n) is 8.00. The van der Waals surface area contributed by atoms with Gasteiger partial charge < -0.3 is 10.1 Å². The predicted molar refractivity (Wildman–Crippen MR) is 98.1 cm³/mol. The van der Waals surface area contributed by atoms with Gasteiger partial charge in [-0.3, -0.25) is 9.59 Å². The highest BCUT2D eigenvalue weighted by Crippen LogP contribution is 2.12. The summed E-state index contributed by atoms with van der Waals surface area (Å²) < 4.78 is 27.8. The fraction of sp³-hybridized carbons (Fsp3) is 0.211. The fourth-order valence-corrected chi connectivity index (χ4v) is 2.80. The zero-order chi connectivity index (χ0) is 20.0. The lowest BCUT2D eigenvalue weighted by Gasteiger charge is -2.06. The SMILES string of the molecule is CC(=O)NCc1ccc(C(=O)COC(=O)c2ccc(S(C)(=O)=O)cc2)cc1. The molecule has 2 aromatic carbocycles. The number of benzene rings is 2. The molecule has 0 atom stereocenters. The normalized spacial score (nSPS) is 10.9. The zero-order valence-corrected chi connectivity index (χ0v) is 15.7. The standard InChI is InChI=1S/C19H19NO6S/c1-13(21)20-11-14-3-5-15(6-4-14)18(22)12-26-19(23)16-7-9-17(10-8-16)27(2,24)25/h3-10H,11-12H2,1-2H3,(H,20,21). The van der Waals surface area contributed by atoms with E-state index >= 15 is 0 Å². The van der Waals surface area contributed by atoms with Crippen molar-refractivity contribution in [3.8, 4) is 0 Å². The van der Waals surface area contributed by atoms with Crippen LogP contribution in [0.5, 0.6) is 0 Å². The number of rotatable bonds is 7. The van der Waals surface area contributed by atoms with Crippen molar-refractivity contribution < 1.29 is 27.5 Å². The third-order valence-electron chi connectivity index (χ3n) is 3.67. The molecular formula is C19H19NO6S. The first-order valence-corrected chi connectivity index (χ1v) is 9.90. The van der Waals surface area contributed by atoms with Crippen LogP contribution in [0.1, 0.15) is 33.2 Å². The topological polar surface area (TPSA) is 107 Å². The Hall–Kier alpha value is -3.00. The van der Waals surface area contributed by atoms with Gasteiger partial charge in [-0.2, -0.15) is 0 Å². The number of esters is 1. The number of Topliss-reactive ketones (excluding diaryl/α,β-unsaturated/α-hetero) is 1. The molecule has 0 saturated carbocycles. The monoisotopic (exact) mass is 389 g/mol. The molecule has 142 valence electrons. The van der Waals surface area contributed by atoms with Gasteiger partial charge in [-0.25, -0.2) is 13.2 Å². The lowest BCUT2D eigenvalue weighted by molar-refractivity contribution is -0.119. The minimum Gasteiger partial charge on any atom is -0.454 e. The van der Waals surface area contributed by atoms with Crippen molar-refractivity contribution >= 4 is 27.5 Å². The van der Waals surface area contributed by atoms with E-state index in [1.807, 2.05) is 0 Å². The number of sulfone groups is 1. The number of carbonyl (C=O) groups is 3. The number of hydrogen-bond donors (Lipinski definition) is 1. The van der Waals surface area contributed by atoms with Crippen LogP contribution in [-0.4, -0.2) is 38.9 Å².